The van der Waals surface area contributed by atoms with Crippen LogP contribution in [0.2, 0.25) is 0 Å². The van der Waals surface area contributed by atoms with Gasteiger partial charge in [0.15, 0.2) is 0 Å². The van der Waals surface area contributed by atoms with Crippen LogP contribution >= 0.6 is 0 Å². The molecule has 2 rings (SSSR count). The van der Waals surface area contributed by atoms with Gasteiger partial charge < -0.3 is 19.5 Å². The van der Waals surface area contributed by atoms with E-state index in [0.29, 0.717) is 12.8 Å². The Balaban J connectivity index is 2.00. The van der Waals surface area contributed by atoms with Gasteiger partial charge in [0.2, 0.25) is 5.91 Å². The molecule has 2 aliphatic rings. The van der Waals surface area contributed by atoms with Crippen LogP contribution in [0.25, 0.3) is 0 Å². The van der Waals surface area contributed by atoms with Crippen molar-refractivity contribution in [1.29, 1.82) is 0 Å². The molecule has 2 amide bonds. The van der Waals surface area contributed by atoms with Crippen LogP contribution in [0.15, 0.2) is 0 Å². The Bertz CT molecular complexity index is 541. The van der Waals surface area contributed by atoms with Crippen LogP contribution in [0.5, 0.6) is 0 Å². The Hall–Kier alpha value is -1.83. The topological polar surface area (TPSA) is 96.4 Å². The summed E-state index contributed by atoms with van der Waals surface area (Å²) in [6.07, 6.45) is 0.387. The molecule has 1 heterocycles. The van der Waals surface area contributed by atoms with Crippen molar-refractivity contribution in [3.63, 3.8) is 0 Å². The van der Waals surface area contributed by atoms with Crippen molar-refractivity contribution >= 4 is 18.0 Å². The number of carbonyl (C=O) groups excluding carboxylic acids is 2. The van der Waals surface area contributed by atoms with Crippen LogP contribution in [-0.2, 0) is 19.1 Å². The van der Waals surface area contributed by atoms with Crippen molar-refractivity contribution in [2.75, 3.05) is 27.3 Å². The van der Waals surface area contributed by atoms with E-state index in [1.807, 2.05) is 0 Å². The van der Waals surface area contributed by atoms with E-state index in [1.54, 1.807) is 34.9 Å². The normalized spacial score (nSPS) is 28.3. The molecule has 0 bridgehead atoms. The number of fused-ring (bicyclic) bond motifs is 1. The summed E-state index contributed by atoms with van der Waals surface area (Å²) >= 11 is 0. The fourth-order valence-corrected chi connectivity index (χ4v) is 3.10. The summed E-state index contributed by atoms with van der Waals surface area (Å²) in [5, 5.41) is 9.42. The number of hydrogen-bond acceptors (Lipinski definition) is 5. The van der Waals surface area contributed by atoms with E-state index in [4.69, 9.17) is 9.47 Å². The number of piperidine rings is 1. The summed E-state index contributed by atoms with van der Waals surface area (Å²) in [7, 11) is 3.29. The van der Waals surface area contributed by atoms with Gasteiger partial charge in [-0.2, -0.15) is 0 Å². The molecule has 0 aromatic rings. The lowest BCUT2D eigenvalue weighted by Crippen LogP contribution is -2.45. The summed E-state index contributed by atoms with van der Waals surface area (Å²) in [5.41, 5.74) is -1.07. The Morgan fingerprint density at radius 2 is 1.88 bits per heavy atom. The zero-order valence-electron chi connectivity index (χ0n) is 14.9. The second kappa shape index (κ2) is 6.23. The average molecular weight is 342 g/mol. The van der Waals surface area contributed by atoms with Gasteiger partial charge >= 0.3 is 12.1 Å². The SMILES string of the molecule is CN(C)C(=O)COC[C@@]12C[C@@H](C(=O)O)N(C(=O)OC(C)(C)C)[C@@H]1C2. The minimum atomic E-state index is -1.04. The molecule has 0 radical (unpaired) electrons. The van der Waals surface area contributed by atoms with Crippen LogP contribution in [0.1, 0.15) is 33.6 Å². The van der Waals surface area contributed by atoms with Gasteiger partial charge in [-0.25, -0.2) is 9.59 Å². The third-order valence-electron chi connectivity index (χ3n) is 4.42. The quantitative estimate of drug-likeness (QED) is 0.799. The first-order valence-corrected chi connectivity index (χ1v) is 7.99. The highest BCUT2D eigenvalue weighted by Gasteiger charge is 2.68. The van der Waals surface area contributed by atoms with Crippen LogP contribution < -0.4 is 0 Å². The van der Waals surface area contributed by atoms with Crippen molar-refractivity contribution in [3.05, 3.63) is 0 Å². The maximum absolute atomic E-state index is 12.4. The molecule has 8 heteroatoms. The van der Waals surface area contributed by atoms with Crippen molar-refractivity contribution in [2.45, 2.75) is 51.3 Å². The predicted molar refractivity (Wildman–Crippen MR) is 84.5 cm³/mol. The molecular weight excluding hydrogens is 316 g/mol. The number of carboxylic acids is 1. The number of carboxylic acid groups (broad SMARTS) is 1. The number of likely N-dealkylation sites (N-methyl/N-ethyl adjacent to an activating group) is 1. The van der Waals surface area contributed by atoms with Crippen molar-refractivity contribution in [2.24, 2.45) is 5.41 Å². The van der Waals surface area contributed by atoms with E-state index in [1.165, 1.54) is 9.80 Å². The van der Waals surface area contributed by atoms with Crippen LogP contribution in [0, 0.1) is 5.41 Å². The Labute approximate surface area is 141 Å². The van der Waals surface area contributed by atoms with Crippen molar-refractivity contribution in [1.82, 2.24) is 9.80 Å². The number of likely N-dealkylation sites (tertiary alicyclic amines) is 1. The number of aliphatic carboxylic acids is 1. The Morgan fingerprint density at radius 3 is 2.38 bits per heavy atom. The van der Waals surface area contributed by atoms with Gasteiger partial charge in [0.1, 0.15) is 18.2 Å². The van der Waals surface area contributed by atoms with E-state index in [-0.39, 0.29) is 30.6 Å². The number of nitrogens with zero attached hydrogens (tertiary/aromatic N) is 2. The molecule has 1 N–H and O–H groups in total. The molecule has 136 valence electrons. The standard InChI is InChI=1S/C16H26N2O6/c1-15(2,3)24-14(22)18-10(13(20)21)6-16(7-11(16)18)9-23-8-12(19)17(4)5/h10-11H,6-9H2,1-5H3,(H,20,21)/t10-,11+,16-/m0/s1. The lowest BCUT2D eigenvalue weighted by atomic mass is 10.0. The molecule has 1 saturated carbocycles. The lowest BCUT2D eigenvalue weighted by molar-refractivity contribution is -0.143. The fraction of sp³-hybridized carbons (Fsp3) is 0.812. The van der Waals surface area contributed by atoms with Crippen LogP contribution in [0.3, 0.4) is 0 Å². The van der Waals surface area contributed by atoms with Gasteiger partial charge in [0, 0.05) is 25.6 Å². The van der Waals surface area contributed by atoms with E-state index >= 15 is 0 Å². The lowest BCUT2D eigenvalue weighted by Gasteiger charge is -2.28. The molecule has 1 aliphatic heterocycles. The van der Waals surface area contributed by atoms with Gasteiger partial charge in [0.25, 0.3) is 0 Å². The summed E-state index contributed by atoms with van der Waals surface area (Å²) in [6, 6.07) is -1.12. The summed E-state index contributed by atoms with van der Waals surface area (Å²) < 4.78 is 10.8. The molecule has 0 unspecified atom stereocenters. The first-order valence-electron chi connectivity index (χ1n) is 7.99. The number of ether oxygens (including phenoxy) is 2. The molecule has 0 aromatic carbocycles. The van der Waals surface area contributed by atoms with Gasteiger partial charge in [0.05, 0.1) is 6.61 Å². The van der Waals surface area contributed by atoms with E-state index < -0.39 is 23.7 Å². The first kappa shape index (κ1) is 18.5. The molecule has 0 aromatic heterocycles. The van der Waals surface area contributed by atoms with Gasteiger partial charge in [-0.15, -0.1) is 0 Å². The molecule has 8 nitrogen and oxygen atoms in total. The third kappa shape index (κ3) is 3.80. The summed E-state index contributed by atoms with van der Waals surface area (Å²) in [5.74, 6) is -1.20. The molecule has 3 atom stereocenters. The largest absolute Gasteiger partial charge is 0.480 e. The highest BCUT2D eigenvalue weighted by molar-refractivity contribution is 5.82. The Kier molecular flexibility index (Phi) is 4.81. The van der Waals surface area contributed by atoms with Gasteiger partial charge in [-0.05, 0) is 33.6 Å². The van der Waals surface area contributed by atoms with Crippen molar-refractivity contribution in [3.8, 4) is 0 Å². The van der Waals surface area contributed by atoms with E-state index in [0.717, 1.165) is 0 Å². The maximum Gasteiger partial charge on any atom is 0.411 e. The number of amides is 2. The molecule has 1 saturated heterocycles. The van der Waals surface area contributed by atoms with Crippen LogP contribution in [-0.4, -0.2) is 77.9 Å². The first-order chi connectivity index (χ1) is 11.0. The highest BCUT2D eigenvalue weighted by Crippen LogP contribution is 2.59. The smallest absolute Gasteiger partial charge is 0.411 e. The van der Waals surface area contributed by atoms with Gasteiger partial charge in [-0.1, -0.05) is 0 Å². The molecule has 2 fully saturated rings. The average Bonchev–Trinajstić information content (AvgIpc) is 3.00. The van der Waals surface area contributed by atoms with Crippen LogP contribution in [0.4, 0.5) is 4.79 Å². The molecule has 0 spiro atoms. The molecular formula is C16H26N2O6. The zero-order chi connectivity index (χ0) is 18.3. The zero-order valence-corrected chi connectivity index (χ0v) is 14.9. The highest BCUT2D eigenvalue weighted by atomic mass is 16.6. The maximum atomic E-state index is 12.4. The van der Waals surface area contributed by atoms with E-state index in [2.05, 4.69) is 0 Å². The number of rotatable bonds is 5. The number of carbonyl (C=O) groups is 3. The second-order valence-corrected chi connectivity index (χ2v) is 7.81. The Morgan fingerprint density at radius 1 is 1.25 bits per heavy atom. The number of hydrogen-bond donors (Lipinski definition) is 1. The second-order valence-electron chi connectivity index (χ2n) is 7.81. The predicted octanol–water partition coefficient (Wildman–Crippen LogP) is 0.944. The fourth-order valence-electron chi connectivity index (χ4n) is 3.10. The summed E-state index contributed by atoms with van der Waals surface area (Å²) in [4.78, 5) is 38.2. The van der Waals surface area contributed by atoms with Crippen molar-refractivity contribution < 1.29 is 29.0 Å². The minimum absolute atomic E-state index is 0.0500. The summed E-state index contributed by atoms with van der Waals surface area (Å²) in [6.45, 7) is 5.44. The van der Waals surface area contributed by atoms with E-state index in [9.17, 15) is 19.5 Å². The van der Waals surface area contributed by atoms with Gasteiger partial charge in [-0.3, -0.25) is 9.69 Å². The minimum Gasteiger partial charge on any atom is -0.480 e. The molecule has 24 heavy (non-hydrogen) atoms. The monoisotopic (exact) mass is 342 g/mol. The molecule has 1 aliphatic carbocycles. The third-order valence-corrected chi connectivity index (χ3v) is 4.42.